The summed E-state index contributed by atoms with van der Waals surface area (Å²) in [7, 11) is -1.92. The number of hydrogen-bond donors (Lipinski definition) is 0. The van der Waals surface area contributed by atoms with E-state index in [1.54, 1.807) is 30.3 Å². The molecule has 25 heavy (non-hydrogen) atoms. The number of anilines is 1. The maximum Gasteiger partial charge on any atom is 0.263 e. The molecule has 2 aromatic rings. The highest BCUT2D eigenvalue weighted by Gasteiger charge is 2.32. The van der Waals surface area contributed by atoms with Crippen molar-refractivity contribution in [1.29, 1.82) is 0 Å². The van der Waals surface area contributed by atoms with Crippen molar-refractivity contribution in [3.05, 3.63) is 48.2 Å². The molecule has 0 bridgehead atoms. The van der Waals surface area contributed by atoms with E-state index in [-0.39, 0.29) is 29.6 Å². The van der Waals surface area contributed by atoms with E-state index in [0.717, 1.165) is 10.2 Å². The summed E-state index contributed by atoms with van der Waals surface area (Å²) in [6, 6.07) is 7.63. The number of rotatable bonds is 2. The summed E-state index contributed by atoms with van der Waals surface area (Å²) in [5.74, 6) is -0.230. The van der Waals surface area contributed by atoms with Crippen LogP contribution in [0.15, 0.2) is 52.6 Å². The zero-order valence-corrected chi connectivity index (χ0v) is 14.9. The zero-order chi connectivity index (χ0) is 17.6. The molecule has 0 radical (unpaired) electrons. The third kappa shape index (κ3) is 2.85. The predicted molar refractivity (Wildman–Crippen MR) is 98.2 cm³/mol. The highest BCUT2D eigenvalue weighted by molar-refractivity contribution is 7.90. The molecule has 0 spiro atoms. The zero-order valence-electron chi connectivity index (χ0n) is 13.3. The van der Waals surface area contributed by atoms with Crippen LogP contribution in [0.3, 0.4) is 0 Å². The minimum Gasteiger partial charge on any atom is -0.331 e. The highest BCUT2D eigenvalue weighted by Crippen LogP contribution is 2.29. The first kappa shape index (κ1) is 16.0. The summed E-state index contributed by atoms with van der Waals surface area (Å²) in [5, 5.41) is 0.549. The molecule has 4 rings (SSSR count). The first-order chi connectivity index (χ1) is 11.9. The molecular weight excluding hydrogens is 360 g/mol. The van der Waals surface area contributed by atoms with E-state index in [1.807, 2.05) is 24.3 Å². The van der Waals surface area contributed by atoms with Gasteiger partial charge in [-0.2, -0.15) is 0 Å². The molecule has 0 fully saturated rings. The molecule has 9 heteroatoms. The molecule has 7 nitrogen and oxygen atoms in total. The second-order valence-electron chi connectivity index (χ2n) is 5.64. The van der Waals surface area contributed by atoms with Crippen LogP contribution in [0.2, 0.25) is 0 Å². The van der Waals surface area contributed by atoms with Crippen LogP contribution in [0.1, 0.15) is 0 Å². The van der Waals surface area contributed by atoms with Crippen molar-refractivity contribution in [2.75, 3.05) is 24.2 Å². The van der Waals surface area contributed by atoms with Crippen molar-refractivity contribution in [3.63, 3.8) is 0 Å². The monoisotopic (exact) mass is 374 g/mol. The van der Waals surface area contributed by atoms with E-state index in [2.05, 4.69) is 9.38 Å². The Morgan fingerprint density at radius 2 is 2.12 bits per heavy atom. The maximum atomic E-state index is 12.9. The summed E-state index contributed by atoms with van der Waals surface area (Å²) in [5.41, 5.74) is 1.06. The summed E-state index contributed by atoms with van der Waals surface area (Å²) in [6.45, 7) is 0.285. The topological polar surface area (TPSA) is 82.9 Å². The molecule has 1 aromatic carbocycles. The minimum atomic E-state index is -3.54. The van der Waals surface area contributed by atoms with Crippen LogP contribution in [0.5, 0.6) is 0 Å². The largest absolute Gasteiger partial charge is 0.331 e. The Hall–Kier alpha value is -2.52. The van der Waals surface area contributed by atoms with E-state index < -0.39 is 10.0 Å². The highest BCUT2D eigenvalue weighted by atomic mass is 32.2. The fourth-order valence-corrected chi connectivity index (χ4v) is 4.56. The Balaban J connectivity index is 1.70. The molecule has 3 heterocycles. The SMILES string of the molecule is CN(C(=O)C1=CC=CN2CCS(=O)(=O)N=C12)c1nc2ccccc2s1. The lowest BCUT2D eigenvalue weighted by atomic mass is 10.1. The number of para-hydroxylation sites is 1. The van der Waals surface area contributed by atoms with Crippen LogP contribution in [0.4, 0.5) is 5.13 Å². The van der Waals surface area contributed by atoms with Crippen LogP contribution < -0.4 is 4.90 Å². The van der Waals surface area contributed by atoms with Crippen molar-refractivity contribution in [2.45, 2.75) is 0 Å². The van der Waals surface area contributed by atoms with Gasteiger partial charge >= 0.3 is 0 Å². The van der Waals surface area contributed by atoms with Crippen molar-refractivity contribution >= 4 is 48.5 Å². The summed E-state index contributed by atoms with van der Waals surface area (Å²) in [4.78, 5) is 20.5. The van der Waals surface area contributed by atoms with Gasteiger partial charge in [0.1, 0.15) is 0 Å². The number of carbonyl (C=O) groups is 1. The first-order valence-corrected chi connectivity index (χ1v) is 9.99. The number of amides is 1. The van der Waals surface area contributed by atoms with Crippen LogP contribution in [-0.4, -0.2) is 49.4 Å². The summed E-state index contributed by atoms with van der Waals surface area (Å²) in [6.07, 6.45) is 5.03. The molecule has 0 saturated carbocycles. The lowest BCUT2D eigenvalue weighted by Gasteiger charge is -2.29. The number of sulfonamides is 1. The van der Waals surface area contributed by atoms with E-state index in [9.17, 15) is 13.2 Å². The van der Waals surface area contributed by atoms with Crippen molar-refractivity contribution in [3.8, 4) is 0 Å². The van der Waals surface area contributed by atoms with Gasteiger partial charge in [0.05, 0.1) is 21.5 Å². The van der Waals surface area contributed by atoms with Crippen molar-refractivity contribution in [2.24, 2.45) is 4.40 Å². The van der Waals surface area contributed by atoms with Gasteiger partial charge in [-0.1, -0.05) is 23.5 Å². The molecule has 1 aromatic heterocycles. The number of thiazole rings is 1. The van der Waals surface area contributed by atoms with Gasteiger partial charge in [-0.25, -0.2) is 13.4 Å². The Bertz CT molecular complexity index is 1030. The molecule has 0 atom stereocenters. The lowest BCUT2D eigenvalue weighted by Crippen LogP contribution is -2.42. The normalized spacial score (nSPS) is 18.5. The van der Waals surface area contributed by atoms with Gasteiger partial charge < -0.3 is 4.90 Å². The quantitative estimate of drug-likeness (QED) is 0.800. The van der Waals surface area contributed by atoms with E-state index in [1.165, 1.54) is 16.2 Å². The average molecular weight is 374 g/mol. The lowest BCUT2D eigenvalue weighted by molar-refractivity contribution is -0.114. The van der Waals surface area contributed by atoms with Crippen LogP contribution >= 0.6 is 11.3 Å². The number of aromatic nitrogens is 1. The third-order valence-corrected chi connectivity index (χ3v) is 6.22. The minimum absolute atomic E-state index is 0.0595. The van der Waals surface area contributed by atoms with Gasteiger partial charge in [-0.3, -0.25) is 9.69 Å². The Morgan fingerprint density at radius 3 is 2.92 bits per heavy atom. The van der Waals surface area contributed by atoms with Gasteiger partial charge in [-0.15, -0.1) is 4.40 Å². The third-order valence-electron chi connectivity index (χ3n) is 3.96. The standard InChI is InChI=1S/C16H14N4O3S2/c1-19(16-17-12-6-2-3-7-13(12)24-16)15(21)11-5-4-8-20-9-10-25(22,23)18-14(11)20/h2-8H,9-10H2,1H3. The number of carbonyl (C=O) groups excluding carboxylic acids is 1. The smallest absolute Gasteiger partial charge is 0.263 e. The first-order valence-electron chi connectivity index (χ1n) is 7.56. The molecule has 2 aliphatic rings. The number of likely N-dealkylation sites (N-methyl/N-ethyl adjacent to an activating group) is 1. The second-order valence-corrected chi connectivity index (χ2v) is 8.41. The van der Waals surface area contributed by atoms with Crippen LogP contribution in [0.25, 0.3) is 10.2 Å². The molecule has 0 unspecified atom stereocenters. The molecule has 0 aliphatic carbocycles. The van der Waals surface area contributed by atoms with Crippen molar-refractivity contribution < 1.29 is 13.2 Å². The molecule has 2 aliphatic heterocycles. The van der Waals surface area contributed by atoms with E-state index in [4.69, 9.17) is 0 Å². The molecule has 0 saturated heterocycles. The Labute approximate surface area is 148 Å². The Morgan fingerprint density at radius 1 is 1.32 bits per heavy atom. The maximum absolute atomic E-state index is 12.9. The van der Waals surface area contributed by atoms with Gasteiger partial charge in [0, 0.05) is 19.8 Å². The molecule has 128 valence electrons. The number of allylic oxidation sites excluding steroid dienone is 2. The van der Waals surface area contributed by atoms with Gasteiger partial charge in [0.25, 0.3) is 15.9 Å². The van der Waals surface area contributed by atoms with Crippen molar-refractivity contribution in [1.82, 2.24) is 9.88 Å². The average Bonchev–Trinajstić information content (AvgIpc) is 3.03. The van der Waals surface area contributed by atoms with Gasteiger partial charge in [-0.05, 0) is 24.3 Å². The number of fused-ring (bicyclic) bond motifs is 2. The van der Waals surface area contributed by atoms with E-state index >= 15 is 0 Å². The fraction of sp³-hybridized carbons (Fsp3) is 0.188. The van der Waals surface area contributed by atoms with Gasteiger partial charge in [0.15, 0.2) is 11.0 Å². The van der Waals surface area contributed by atoms with Gasteiger partial charge in [0.2, 0.25) is 0 Å². The molecular formula is C16H14N4O3S2. The number of hydrogen-bond acceptors (Lipinski definition) is 6. The Kier molecular flexibility index (Phi) is 3.69. The summed E-state index contributed by atoms with van der Waals surface area (Å²) >= 11 is 1.40. The number of benzene rings is 1. The summed E-state index contributed by atoms with van der Waals surface area (Å²) < 4.78 is 28.4. The predicted octanol–water partition coefficient (Wildman–Crippen LogP) is 1.76. The van der Waals surface area contributed by atoms with E-state index in [0.29, 0.717) is 5.13 Å². The molecule has 0 N–H and O–H groups in total. The second kappa shape index (κ2) is 5.78. The molecule has 1 amide bonds. The van der Waals surface area contributed by atoms with Crippen LogP contribution in [-0.2, 0) is 14.8 Å². The number of nitrogens with zero attached hydrogens (tertiary/aromatic N) is 4. The number of amidine groups is 1. The van der Waals surface area contributed by atoms with Crippen LogP contribution in [0, 0.1) is 0 Å². The fourth-order valence-electron chi connectivity index (χ4n) is 2.65.